The van der Waals surface area contributed by atoms with E-state index >= 15 is 0 Å². The van der Waals surface area contributed by atoms with Crippen LogP contribution in [-0.2, 0) is 6.54 Å². The summed E-state index contributed by atoms with van der Waals surface area (Å²) >= 11 is 0. The van der Waals surface area contributed by atoms with Crippen LogP contribution in [0.1, 0.15) is 31.2 Å². The Morgan fingerprint density at radius 2 is 1.66 bits per heavy atom. The zero-order valence-electron chi connectivity index (χ0n) is 17.4. The lowest BCUT2D eigenvalue weighted by Crippen LogP contribution is -2.31. The molecule has 1 aliphatic heterocycles. The molecule has 1 saturated heterocycles. The Hall–Kier alpha value is -2.53. The standard InChI is InChI=1S/C24H32N4O/c1-20-10-12-21(13-11-20)27-16-7-15-26(18-19-27)14-5-2-6-17-28-23-9-4-3-8-22(23)25-24(28)29/h3-4,8-13H,2,5-7,14-19H2,1H3,(H,25,29). The molecule has 0 aliphatic carbocycles. The van der Waals surface area contributed by atoms with Crippen molar-refractivity contribution >= 4 is 16.7 Å². The van der Waals surface area contributed by atoms with E-state index in [1.807, 2.05) is 28.8 Å². The molecule has 0 unspecified atom stereocenters. The maximum atomic E-state index is 12.1. The highest BCUT2D eigenvalue weighted by molar-refractivity contribution is 5.74. The van der Waals surface area contributed by atoms with E-state index in [-0.39, 0.29) is 5.69 Å². The molecule has 1 aromatic heterocycles. The first-order valence-electron chi connectivity index (χ1n) is 10.9. The first-order valence-corrected chi connectivity index (χ1v) is 10.9. The number of H-pyrrole nitrogens is 1. The Morgan fingerprint density at radius 3 is 2.52 bits per heavy atom. The molecule has 0 saturated carbocycles. The van der Waals surface area contributed by atoms with Crippen LogP contribution in [0.5, 0.6) is 0 Å². The molecule has 5 heteroatoms. The van der Waals surface area contributed by atoms with Crippen molar-refractivity contribution in [2.24, 2.45) is 0 Å². The maximum absolute atomic E-state index is 12.1. The van der Waals surface area contributed by atoms with Gasteiger partial charge in [-0.1, -0.05) is 36.2 Å². The van der Waals surface area contributed by atoms with Gasteiger partial charge < -0.3 is 14.8 Å². The Morgan fingerprint density at radius 1 is 0.862 bits per heavy atom. The smallest absolute Gasteiger partial charge is 0.326 e. The van der Waals surface area contributed by atoms with E-state index in [1.165, 1.54) is 30.6 Å². The van der Waals surface area contributed by atoms with Crippen LogP contribution in [0.2, 0.25) is 0 Å². The molecule has 4 rings (SSSR count). The van der Waals surface area contributed by atoms with E-state index in [4.69, 9.17) is 0 Å². The third-order valence-electron chi connectivity index (χ3n) is 6.03. The fourth-order valence-corrected chi connectivity index (χ4v) is 4.32. The van der Waals surface area contributed by atoms with Crippen molar-refractivity contribution in [3.05, 3.63) is 64.6 Å². The van der Waals surface area contributed by atoms with Crippen LogP contribution in [-0.4, -0.2) is 47.2 Å². The molecule has 0 bridgehead atoms. The van der Waals surface area contributed by atoms with Gasteiger partial charge in [0.2, 0.25) is 0 Å². The van der Waals surface area contributed by atoms with Crippen molar-refractivity contribution in [1.29, 1.82) is 0 Å². The highest BCUT2D eigenvalue weighted by Gasteiger charge is 2.15. The van der Waals surface area contributed by atoms with Gasteiger partial charge in [0, 0.05) is 31.9 Å². The molecule has 0 atom stereocenters. The lowest BCUT2D eigenvalue weighted by molar-refractivity contribution is 0.285. The summed E-state index contributed by atoms with van der Waals surface area (Å²) in [6, 6.07) is 16.8. The molecule has 0 amide bonds. The minimum atomic E-state index is 0.00918. The Bertz CT molecular complexity index is 972. The van der Waals surface area contributed by atoms with Crippen LogP contribution in [0.15, 0.2) is 53.3 Å². The minimum absolute atomic E-state index is 0.00918. The number of rotatable bonds is 7. The predicted molar refractivity (Wildman–Crippen MR) is 121 cm³/mol. The molecule has 154 valence electrons. The zero-order valence-corrected chi connectivity index (χ0v) is 17.4. The van der Waals surface area contributed by atoms with Crippen molar-refractivity contribution in [3.63, 3.8) is 0 Å². The van der Waals surface area contributed by atoms with E-state index in [2.05, 4.69) is 46.0 Å². The topological polar surface area (TPSA) is 44.3 Å². The molecule has 29 heavy (non-hydrogen) atoms. The molecule has 2 aromatic carbocycles. The van der Waals surface area contributed by atoms with Gasteiger partial charge in [-0.2, -0.15) is 0 Å². The number of hydrogen-bond acceptors (Lipinski definition) is 3. The third kappa shape index (κ3) is 4.91. The van der Waals surface area contributed by atoms with E-state index in [9.17, 15) is 4.79 Å². The minimum Gasteiger partial charge on any atom is -0.370 e. The van der Waals surface area contributed by atoms with E-state index in [0.717, 1.165) is 56.6 Å². The first kappa shape index (κ1) is 19.8. The summed E-state index contributed by atoms with van der Waals surface area (Å²) in [5.74, 6) is 0. The third-order valence-corrected chi connectivity index (χ3v) is 6.03. The Kier molecular flexibility index (Phi) is 6.35. The van der Waals surface area contributed by atoms with Crippen LogP contribution in [0.4, 0.5) is 5.69 Å². The number of aromatic amines is 1. The second-order valence-corrected chi connectivity index (χ2v) is 8.18. The van der Waals surface area contributed by atoms with E-state index in [0.29, 0.717) is 0 Å². The van der Waals surface area contributed by atoms with Gasteiger partial charge in [0.15, 0.2) is 0 Å². The van der Waals surface area contributed by atoms with Gasteiger partial charge in [0.25, 0.3) is 0 Å². The summed E-state index contributed by atoms with van der Waals surface area (Å²) in [7, 11) is 0. The molecule has 0 radical (unpaired) electrons. The quantitative estimate of drug-likeness (QED) is 0.618. The second-order valence-electron chi connectivity index (χ2n) is 8.18. The normalized spacial score (nSPS) is 15.7. The maximum Gasteiger partial charge on any atom is 0.326 e. The van der Waals surface area contributed by atoms with Crippen molar-refractivity contribution in [3.8, 4) is 0 Å². The van der Waals surface area contributed by atoms with Crippen LogP contribution >= 0.6 is 0 Å². The average molecular weight is 393 g/mol. The van der Waals surface area contributed by atoms with Crippen molar-refractivity contribution < 1.29 is 0 Å². The Balaban J connectivity index is 1.20. The number of imidazole rings is 1. The summed E-state index contributed by atoms with van der Waals surface area (Å²) in [6.45, 7) is 8.66. The number of benzene rings is 2. The van der Waals surface area contributed by atoms with Gasteiger partial charge in [0.05, 0.1) is 11.0 Å². The summed E-state index contributed by atoms with van der Waals surface area (Å²) in [6.07, 6.45) is 4.62. The van der Waals surface area contributed by atoms with Gasteiger partial charge >= 0.3 is 5.69 Å². The SMILES string of the molecule is Cc1ccc(N2CCCN(CCCCCn3c(=O)[nH]c4ccccc43)CC2)cc1. The van der Waals surface area contributed by atoms with Crippen LogP contribution < -0.4 is 10.6 Å². The summed E-state index contributed by atoms with van der Waals surface area (Å²) in [4.78, 5) is 20.2. The molecule has 1 fully saturated rings. The fraction of sp³-hybridized carbons (Fsp3) is 0.458. The number of aryl methyl sites for hydroxylation is 2. The molecule has 1 aliphatic rings. The second kappa shape index (κ2) is 9.31. The number of hydrogen-bond donors (Lipinski definition) is 1. The lowest BCUT2D eigenvalue weighted by atomic mass is 10.2. The van der Waals surface area contributed by atoms with Crippen molar-refractivity contribution in [2.75, 3.05) is 37.6 Å². The highest BCUT2D eigenvalue weighted by atomic mass is 16.1. The van der Waals surface area contributed by atoms with Crippen LogP contribution in [0.25, 0.3) is 11.0 Å². The van der Waals surface area contributed by atoms with Gasteiger partial charge in [-0.25, -0.2) is 4.79 Å². The van der Waals surface area contributed by atoms with Gasteiger partial charge in [-0.3, -0.25) is 4.57 Å². The van der Waals surface area contributed by atoms with E-state index in [1.54, 1.807) is 0 Å². The molecule has 2 heterocycles. The predicted octanol–water partition coefficient (Wildman–Crippen LogP) is 4.02. The Labute approximate surface area is 172 Å². The van der Waals surface area contributed by atoms with Gasteiger partial charge in [-0.05, 0) is 63.5 Å². The van der Waals surface area contributed by atoms with E-state index < -0.39 is 0 Å². The summed E-state index contributed by atoms with van der Waals surface area (Å²) in [5, 5.41) is 0. The van der Waals surface area contributed by atoms with Crippen molar-refractivity contribution in [2.45, 2.75) is 39.2 Å². The summed E-state index contributed by atoms with van der Waals surface area (Å²) < 4.78 is 1.88. The average Bonchev–Trinajstić information content (AvgIpc) is 2.89. The molecular weight excluding hydrogens is 360 g/mol. The number of anilines is 1. The lowest BCUT2D eigenvalue weighted by Gasteiger charge is -2.23. The van der Waals surface area contributed by atoms with Gasteiger partial charge in [-0.15, -0.1) is 0 Å². The summed E-state index contributed by atoms with van der Waals surface area (Å²) in [5.41, 5.74) is 4.62. The number of nitrogens with one attached hydrogen (secondary N) is 1. The monoisotopic (exact) mass is 392 g/mol. The first-order chi connectivity index (χ1) is 14.2. The number of para-hydroxylation sites is 2. The van der Waals surface area contributed by atoms with Crippen LogP contribution in [0.3, 0.4) is 0 Å². The number of nitrogens with zero attached hydrogens (tertiary/aromatic N) is 3. The van der Waals surface area contributed by atoms with Crippen LogP contribution in [0, 0.1) is 6.92 Å². The number of fused-ring (bicyclic) bond motifs is 1. The number of unbranched alkanes of at least 4 members (excludes halogenated alkanes) is 2. The molecule has 5 nitrogen and oxygen atoms in total. The molecule has 1 N–H and O–H groups in total. The highest BCUT2D eigenvalue weighted by Crippen LogP contribution is 2.17. The largest absolute Gasteiger partial charge is 0.370 e. The van der Waals surface area contributed by atoms with Crippen molar-refractivity contribution in [1.82, 2.24) is 14.5 Å². The molecule has 3 aromatic rings. The van der Waals surface area contributed by atoms with Gasteiger partial charge in [0.1, 0.15) is 0 Å². The zero-order chi connectivity index (χ0) is 20.1. The molecular formula is C24H32N4O. The molecule has 0 spiro atoms. The number of aromatic nitrogens is 2. The fourth-order valence-electron chi connectivity index (χ4n) is 4.32.